The molecule has 0 aromatic carbocycles. The van der Waals surface area contributed by atoms with Crippen LogP contribution in [-0.2, 0) is 24.9 Å². The molecule has 0 aliphatic heterocycles. The van der Waals surface area contributed by atoms with Crippen molar-refractivity contribution in [2.45, 2.75) is 24.2 Å². The van der Waals surface area contributed by atoms with E-state index in [-0.39, 0.29) is 0 Å². The van der Waals surface area contributed by atoms with Crippen LogP contribution in [0, 0.1) is 0 Å². The van der Waals surface area contributed by atoms with Crippen LogP contribution in [0.1, 0.15) is 12.0 Å². The summed E-state index contributed by atoms with van der Waals surface area (Å²) in [6.07, 6.45) is 4.57. The summed E-state index contributed by atoms with van der Waals surface area (Å²) in [5.41, 5.74) is 14.5. The van der Waals surface area contributed by atoms with Crippen molar-refractivity contribution in [2.24, 2.45) is 10.8 Å². The van der Waals surface area contributed by atoms with Crippen molar-refractivity contribution in [3.8, 4) is 0 Å². The number of thioether (sulfide) groups is 1. The zero-order chi connectivity index (χ0) is 20.1. The molecule has 1 rings (SSSR count). The fourth-order valence-corrected chi connectivity index (χ4v) is 4.61. The van der Waals surface area contributed by atoms with E-state index in [2.05, 4.69) is 20.0 Å². The van der Waals surface area contributed by atoms with Crippen molar-refractivity contribution in [1.29, 1.82) is 0 Å². The van der Waals surface area contributed by atoms with E-state index in [9.17, 15) is 0 Å². The number of aromatic nitrogens is 2. The van der Waals surface area contributed by atoms with Crippen molar-refractivity contribution >= 4 is 31.3 Å². The Morgan fingerprint density at radius 2 is 1.79 bits per heavy atom. The van der Waals surface area contributed by atoms with Gasteiger partial charge in [-0.05, 0) is 24.5 Å². The minimum absolute atomic E-state index is 0.336. The van der Waals surface area contributed by atoms with E-state index in [0.717, 1.165) is 35.1 Å². The van der Waals surface area contributed by atoms with Gasteiger partial charge in [0, 0.05) is 34.8 Å². The van der Waals surface area contributed by atoms with Crippen LogP contribution in [0.3, 0.4) is 0 Å². The molecule has 13 heteroatoms. The molecule has 0 fully saturated rings. The van der Waals surface area contributed by atoms with Gasteiger partial charge in [0.2, 0.25) is 19.5 Å². The Balaban J connectivity index is 1.95. The van der Waals surface area contributed by atoms with Crippen molar-refractivity contribution in [3.05, 3.63) is 28.4 Å². The predicted octanol–water partition coefficient (Wildman–Crippen LogP) is 1.41. The van der Waals surface area contributed by atoms with E-state index >= 15 is 0 Å². The first-order valence-corrected chi connectivity index (χ1v) is 12.1. The molecule has 10 nitrogen and oxygen atoms in total. The molecule has 1 aromatic rings. The Bertz CT molecular complexity index is 540. The molecule has 154 valence electrons. The molecular formula is C15H26N6O4SSi2. The Hall–Kier alpha value is -1.03. The third-order valence-electron chi connectivity index (χ3n) is 2.98. The minimum atomic E-state index is 0.336. The van der Waals surface area contributed by atoms with Crippen LogP contribution in [0.4, 0.5) is 0 Å². The molecule has 0 atom stereocenters. The third kappa shape index (κ3) is 15.0. The summed E-state index contributed by atoms with van der Waals surface area (Å²) in [6.45, 7) is 3.83. The highest BCUT2D eigenvalue weighted by Gasteiger charge is 2.01. The summed E-state index contributed by atoms with van der Waals surface area (Å²) < 4.78 is 21.7. The molecule has 0 aliphatic carbocycles. The molecule has 28 heavy (non-hydrogen) atoms. The Kier molecular flexibility index (Phi) is 17.2. The van der Waals surface area contributed by atoms with Crippen LogP contribution in [0.2, 0.25) is 6.04 Å². The van der Waals surface area contributed by atoms with Crippen molar-refractivity contribution in [2.75, 3.05) is 51.5 Å². The van der Waals surface area contributed by atoms with Gasteiger partial charge in [0.05, 0.1) is 39.6 Å². The smallest absolute Gasteiger partial charge is 0.226 e. The van der Waals surface area contributed by atoms with Gasteiger partial charge in [0.25, 0.3) is 0 Å². The van der Waals surface area contributed by atoms with Crippen LogP contribution >= 0.6 is 11.8 Å². The maximum Gasteiger partial charge on any atom is 0.226 e. The SMILES string of the molecule is [N-]=[N+]=NCCOCCOCCOCc1cnc(SC[Si]O[Si]CCCN)nc1. The molecule has 0 saturated heterocycles. The van der Waals surface area contributed by atoms with E-state index in [0.29, 0.717) is 65.7 Å². The highest BCUT2D eigenvalue weighted by molar-refractivity contribution is 8.00. The first-order chi connectivity index (χ1) is 13.9. The average molecular weight is 443 g/mol. The number of ether oxygens (including phenoxy) is 3. The summed E-state index contributed by atoms with van der Waals surface area (Å²) >= 11 is 1.59. The second-order valence-corrected chi connectivity index (χ2v) is 8.88. The van der Waals surface area contributed by atoms with Crippen molar-refractivity contribution in [1.82, 2.24) is 9.97 Å². The fraction of sp³-hybridized carbons (Fsp3) is 0.733. The molecular weight excluding hydrogens is 416 g/mol. The second-order valence-electron chi connectivity index (χ2n) is 5.18. The van der Waals surface area contributed by atoms with E-state index in [1.807, 2.05) is 0 Å². The van der Waals surface area contributed by atoms with E-state index in [4.69, 9.17) is 29.6 Å². The lowest BCUT2D eigenvalue weighted by atomic mass is 10.4. The fourth-order valence-electron chi connectivity index (χ4n) is 1.67. The first-order valence-electron chi connectivity index (χ1n) is 8.86. The number of azide groups is 1. The van der Waals surface area contributed by atoms with Gasteiger partial charge in [-0.15, -0.1) is 0 Å². The van der Waals surface area contributed by atoms with Gasteiger partial charge in [0.15, 0.2) is 5.16 Å². The van der Waals surface area contributed by atoms with Crippen LogP contribution in [-0.4, -0.2) is 81.0 Å². The van der Waals surface area contributed by atoms with Gasteiger partial charge in [-0.2, -0.15) is 0 Å². The molecule has 1 heterocycles. The molecule has 0 saturated carbocycles. The first kappa shape index (κ1) is 25.0. The molecule has 2 N–H and O–H groups in total. The Morgan fingerprint density at radius 1 is 1.07 bits per heavy atom. The molecule has 0 unspecified atom stereocenters. The Morgan fingerprint density at radius 3 is 2.50 bits per heavy atom. The van der Waals surface area contributed by atoms with Gasteiger partial charge < -0.3 is 24.1 Å². The minimum Gasteiger partial charge on any atom is -0.456 e. The summed E-state index contributed by atoms with van der Waals surface area (Å²) in [5.74, 6) is 0. The zero-order valence-corrected chi connectivity index (χ0v) is 18.6. The van der Waals surface area contributed by atoms with Gasteiger partial charge >= 0.3 is 0 Å². The van der Waals surface area contributed by atoms with Crippen LogP contribution < -0.4 is 5.73 Å². The van der Waals surface area contributed by atoms with E-state index in [1.54, 1.807) is 24.2 Å². The van der Waals surface area contributed by atoms with Gasteiger partial charge in [-0.3, -0.25) is 0 Å². The standard InChI is InChI=1S/C15H26N6O4SSi2/c16-2-1-9-27-25-28-13-26-15-18-10-14(11-19-15)12-24-8-7-23-6-5-22-4-3-20-21-17/h10-11H,1-9,12-13,16H2. The van der Waals surface area contributed by atoms with Crippen molar-refractivity contribution < 1.29 is 18.3 Å². The number of nitrogens with two attached hydrogens (primary N) is 1. The Labute approximate surface area is 174 Å². The normalized spacial score (nSPS) is 10.8. The summed E-state index contributed by atoms with van der Waals surface area (Å²) in [5, 5.41) is 4.97. The number of hydrogen-bond acceptors (Lipinski definition) is 9. The maximum atomic E-state index is 8.11. The molecule has 0 spiro atoms. The molecule has 0 amide bonds. The predicted molar refractivity (Wildman–Crippen MR) is 109 cm³/mol. The largest absolute Gasteiger partial charge is 0.456 e. The lowest BCUT2D eigenvalue weighted by Crippen LogP contribution is -2.10. The summed E-state index contributed by atoms with van der Waals surface area (Å²) in [7, 11) is 0.985. The average Bonchev–Trinajstić information content (AvgIpc) is 2.72. The number of hydrogen-bond donors (Lipinski definition) is 1. The van der Waals surface area contributed by atoms with E-state index < -0.39 is 0 Å². The number of rotatable bonds is 19. The van der Waals surface area contributed by atoms with Gasteiger partial charge in [-0.25, -0.2) is 9.97 Å². The molecule has 0 bridgehead atoms. The van der Waals surface area contributed by atoms with Crippen LogP contribution in [0.5, 0.6) is 0 Å². The van der Waals surface area contributed by atoms with Crippen LogP contribution in [0.15, 0.2) is 22.7 Å². The third-order valence-corrected chi connectivity index (χ3v) is 6.21. The molecule has 0 aliphatic rings. The highest BCUT2D eigenvalue weighted by Crippen LogP contribution is 2.11. The summed E-state index contributed by atoms with van der Waals surface area (Å²) in [4.78, 5) is 11.3. The van der Waals surface area contributed by atoms with Crippen LogP contribution in [0.25, 0.3) is 10.4 Å². The van der Waals surface area contributed by atoms with E-state index in [1.165, 1.54) is 0 Å². The highest BCUT2D eigenvalue weighted by atomic mass is 32.2. The molecule has 4 radical (unpaired) electrons. The summed E-state index contributed by atoms with van der Waals surface area (Å²) in [6, 6.07) is 1.04. The topological polar surface area (TPSA) is 137 Å². The molecule has 1 aromatic heterocycles. The second kappa shape index (κ2) is 19.3. The lowest BCUT2D eigenvalue weighted by molar-refractivity contribution is 0.0118. The quantitative estimate of drug-likeness (QED) is 0.0645. The zero-order valence-electron chi connectivity index (χ0n) is 15.8. The van der Waals surface area contributed by atoms with Gasteiger partial charge in [-0.1, -0.05) is 16.9 Å². The van der Waals surface area contributed by atoms with Crippen molar-refractivity contribution in [3.63, 3.8) is 0 Å². The number of nitrogens with zero attached hydrogens (tertiary/aromatic N) is 5. The maximum absolute atomic E-state index is 8.11. The monoisotopic (exact) mass is 442 g/mol. The van der Waals surface area contributed by atoms with Gasteiger partial charge in [0.1, 0.15) is 0 Å². The lowest BCUT2D eigenvalue weighted by Gasteiger charge is -2.06.